The Kier molecular flexibility index (Phi) is 4.60. The van der Waals surface area contributed by atoms with Crippen LogP contribution in [0.4, 0.5) is 4.39 Å². The van der Waals surface area contributed by atoms with Gasteiger partial charge >= 0.3 is 0 Å². The van der Waals surface area contributed by atoms with Gasteiger partial charge in [0.2, 0.25) is 0 Å². The van der Waals surface area contributed by atoms with Gasteiger partial charge in [-0.15, -0.1) is 5.10 Å². The zero-order valence-electron chi connectivity index (χ0n) is 10.8. The highest BCUT2D eigenvalue weighted by Crippen LogP contribution is 2.26. The minimum absolute atomic E-state index is 0.343. The Morgan fingerprint density at radius 1 is 1.53 bits per heavy atom. The first-order chi connectivity index (χ1) is 9.15. The molecule has 0 amide bonds. The highest BCUT2D eigenvalue weighted by atomic mass is 79.9. The third-order valence-corrected chi connectivity index (χ3v) is 3.32. The summed E-state index contributed by atoms with van der Waals surface area (Å²) in [6, 6.07) is 2.60. The van der Waals surface area contributed by atoms with Gasteiger partial charge in [-0.3, -0.25) is 4.98 Å². The summed E-state index contributed by atoms with van der Waals surface area (Å²) < 4.78 is 16.2. The van der Waals surface area contributed by atoms with Gasteiger partial charge in [-0.2, -0.15) is 0 Å². The lowest BCUT2D eigenvalue weighted by Gasteiger charge is -2.18. The highest BCUT2D eigenvalue weighted by Gasteiger charge is 2.25. The van der Waals surface area contributed by atoms with Gasteiger partial charge in [0.25, 0.3) is 0 Å². The van der Waals surface area contributed by atoms with Crippen LogP contribution in [0.2, 0.25) is 0 Å². The molecular formula is C12H15BrFN5. The molecule has 0 fully saturated rings. The van der Waals surface area contributed by atoms with Gasteiger partial charge in [0.05, 0.1) is 17.4 Å². The molecule has 1 unspecified atom stereocenters. The Morgan fingerprint density at radius 2 is 2.32 bits per heavy atom. The summed E-state index contributed by atoms with van der Waals surface area (Å²) in [7, 11) is 1.77. The van der Waals surface area contributed by atoms with Crippen LogP contribution in [-0.2, 0) is 7.05 Å². The first kappa shape index (κ1) is 14.1. The largest absolute Gasteiger partial charge is 0.304 e. The second kappa shape index (κ2) is 6.21. The SMILES string of the molecule is CCCNC(c1ncccc1F)c1c(Br)nnn1C. The monoisotopic (exact) mass is 327 g/mol. The molecule has 2 aromatic heterocycles. The second-order valence-corrected chi connectivity index (χ2v) is 4.90. The van der Waals surface area contributed by atoms with Crippen LogP contribution < -0.4 is 5.32 Å². The van der Waals surface area contributed by atoms with Gasteiger partial charge in [0.15, 0.2) is 4.60 Å². The van der Waals surface area contributed by atoms with Crippen LogP contribution in [0.3, 0.4) is 0 Å². The van der Waals surface area contributed by atoms with E-state index in [-0.39, 0.29) is 11.9 Å². The average Bonchev–Trinajstić information content (AvgIpc) is 2.73. The average molecular weight is 328 g/mol. The maximum Gasteiger partial charge on any atom is 0.153 e. The van der Waals surface area contributed by atoms with Crippen molar-refractivity contribution in [2.75, 3.05) is 6.54 Å². The summed E-state index contributed by atoms with van der Waals surface area (Å²) in [5.41, 5.74) is 1.10. The molecule has 1 N–H and O–H groups in total. The summed E-state index contributed by atoms with van der Waals surface area (Å²) in [5.74, 6) is -0.343. The van der Waals surface area contributed by atoms with Crippen LogP contribution in [0.5, 0.6) is 0 Å². The van der Waals surface area contributed by atoms with Crippen LogP contribution in [0.25, 0.3) is 0 Å². The Hall–Kier alpha value is -1.34. The summed E-state index contributed by atoms with van der Waals surface area (Å²) in [6.07, 6.45) is 2.52. The van der Waals surface area contributed by atoms with Gasteiger partial charge in [-0.25, -0.2) is 9.07 Å². The molecule has 0 aliphatic rings. The number of aromatic nitrogens is 4. The van der Waals surface area contributed by atoms with Crippen molar-refractivity contribution in [2.45, 2.75) is 19.4 Å². The van der Waals surface area contributed by atoms with Crippen molar-refractivity contribution in [1.29, 1.82) is 0 Å². The van der Waals surface area contributed by atoms with Crippen LogP contribution in [0, 0.1) is 5.82 Å². The summed E-state index contributed by atoms with van der Waals surface area (Å²) >= 11 is 3.35. The van der Waals surface area contributed by atoms with Crippen molar-refractivity contribution in [3.05, 3.63) is 40.1 Å². The third-order valence-electron chi connectivity index (χ3n) is 2.76. The molecule has 2 rings (SSSR count). The van der Waals surface area contributed by atoms with Crippen LogP contribution in [0.1, 0.15) is 30.8 Å². The van der Waals surface area contributed by atoms with Gasteiger partial charge in [-0.1, -0.05) is 12.1 Å². The van der Waals surface area contributed by atoms with E-state index >= 15 is 0 Å². The topological polar surface area (TPSA) is 55.6 Å². The van der Waals surface area contributed by atoms with Crippen molar-refractivity contribution in [3.63, 3.8) is 0 Å². The van der Waals surface area contributed by atoms with Gasteiger partial charge in [0.1, 0.15) is 5.82 Å². The van der Waals surface area contributed by atoms with E-state index in [1.165, 1.54) is 6.07 Å². The van der Waals surface area contributed by atoms with Crippen molar-refractivity contribution >= 4 is 15.9 Å². The number of nitrogens with one attached hydrogen (secondary N) is 1. The lowest BCUT2D eigenvalue weighted by Crippen LogP contribution is -2.27. The fraction of sp³-hybridized carbons (Fsp3) is 0.417. The fourth-order valence-corrected chi connectivity index (χ4v) is 2.42. The van der Waals surface area contributed by atoms with E-state index < -0.39 is 0 Å². The van der Waals surface area contributed by atoms with Crippen LogP contribution in [-0.4, -0.2) is 26.5 Å². The molecule has 0 saturated carbocycles. The van der Waals surface area contributed by atoms with Crippen molar-refractivity contribution in [2.24, 2.45) is 7.05 Å². The Balaban J connectivity index is 2.45. The minimum Gasteiger partial charge on any atom is -0.304 e. The molecule has 2 aromatic rings. The molecule has 19 heavy (non-hydrogen) atoms. The fourth-order valence-electron chi connectivity index (χ4n) is 1.87. The molecule has 7 heteroatoms. The lowest BCUT2D eigenvalue weighted by molar-refractivity contribution is 0.504. The number of halogens is 2. The smallest absolute Gasteiger partial charge is 0.153 e. The van der Waals surface area contributed by atoms with E-state index in [9.17, 15) is 4.39 Å². The standard InChI is InChI=1S/C12H15BrFN5/c1-3-6-15-10(9-8(14)5-4-7-16-9)11-12(13)17-18-19(11)2/h4-5,7,10,15H,3,6H2,1-2H3. The summed E-state index contributed by atoms with van der Waals surface area (Å²) in [4.78, 5) is 4.14. The number of pyridine rings is 1. The Labute approximate surface area is 119 Å². The van der Waals surface area contributed by atoms with Crippen molar-refractivity contribution in [1.82, 2.24) is 25.3 Å². The number of hydrogen-bond donors (Lipinski definition) is 1. The van der Waals surface area contributed by atoms with E-state index in [2.05, 4.69) is 43.5 Å². The summed E-state index contributed by atoms with van der Waals surface area (Å²) in [6.45, 7) is 2.80. The molecular weight excluding hydrogens is 313 g/mol. The number of aryl methyl sites for hydroxylation is 1. The predicted octanol–water partition coefficient (Wildman–Crippen LogP) is 2.20. The van der Waals surface area contributed by atoms with Gasteiger partial charge < -0.3 is 5.32 Å². The number of hydrogen-bond acceptors (Lipinski definition) is 4. The third kappa shape index (κ3) is 2.98. The molecule has 0 aliphatic carbocycles. The van der Waals surface area contributed by atoms with E-state index in [0.717, 1.165) is 18.7 Å². The normalized spacial score (nSPS) is 12.6. The molecule has 2 heterocycles. The molecule has 5 nitrogen and oxygen atoms in total. The molecule has 0 radical (unpaired) electrons. The van der Waals surface area contributed by atoms with Crippen molar-refractivity contribution < 1.29 is 4.39 Å². The lowest BCUT2D eigenvalue weighted by atomic mass is 10.1. The Bertz CT molecular complexity index is 537. The van der Waals surface area contributed by atoms with Crippen LogP contribution in [0.15, 0.2) is 22.9 Å². The molecule has 0 bridgehead atoms. The molecule has 0 aromatic carbocycles. The van der Waals surface area contributed by atoms with E-state index in [1.54, 1.807) is 24.0 Å². The maximum absolute atomic E-state index is 14.0. The molecule has 0 spiro atoms. The molecule has 0 aliphatic heterocycles. The van der Waals surface area contributed by atoms with E-state index in [0.29, 0.717) is 10.3 Å². The first-order valence-electron chi connectivity index (χ1n) is 6.04. The molecule has 1 atom stereocenters. The number of nitrogens with zero attached hydrogens (tertiary/aromatic N) is 4. The van der Waals surface area contributed by atoms with E-state index in [1.807, 2.05) is 0 Å². The first-order valence-corrected chi connectivity index (χ1v) is 6.83. The highest BCUT2D eigenvalue weighted by molar-refractivity contribution is 9.10. The molecule has 0 saturated heterocycles. The number of rotatable bonds is 5. The quantitative estimate of drug-likeness (QED) is 0.914. The van der Waals surface area contributed by atoms with Crippen LogP contribution >= 0.6 is 15.9 Å². The molecule has 102 valence electrons. The summed E-state index contributed by atoms with van der Waals surface area (Å²) in [5, 5.41) is 11.1. The maximum atomic E-state index is 14.0. The zero-order valence-corrected chi connectivity index (χ0v) is 12.4. The van der Waals surface area contributed by atoms with Gasteiger partial charge in [0, 0.05) is 13.2 Å². The Morgan fingerprint density at radius 3 is 2.89 bits per heavy atom. The van der Waals surface area contributed by atoms with E-state index in [4.69, 9.17) is 0 Å². The van der Waals surface area contributed by atoms with Crippen molar-refractivity contribution in [3.8, 4) is 0 Å². The predicted molar refractivity (Wildman–Crippen MR) is 73.0 cm³/mol. The minimum atomic E-state index is -0.379. The van der Waals surface area contributed by atoms with Gasteiger partial charge in [-0.05, 0) is 41.0 Å². The zero-order chi connectivity index (χ0) is 13.8. The second-order valence-electron chi connectivity index (χ2n) is 4.15.